The summed E-state index contributed by atoms with van der Waals surface area (Å²) in [5.74, 6) is -3.41. The molecule has 0 amide bonds. The Hall–Kier alpha value is -3.34. The molecule has 0 aliphatic rings. The molecule has 0 saturated carbocycles. The molecule has 2 rings (SSSR count). The van der Waals surface area contributed by atoms with Crippen molar-refractivity contribution in [2.45, 2.75) is 79.1 Å². The quantitative estimate of drug-likeness (QED) is 0.399. The predicted molar refractivity (Wildman–Crippen MR) is 128 cm³/mol. The molecule has 1 aromatic carbocycles. The first-order valence-corrected chi connectivity index (χ1v) is 11.9. The number of carbonyl (C=O) groups excluding carboxylic acids is 3. The number of ether oxygens (including phenoxy) is 2. The fraction of sp³-hybridized carbons (Fsp3) is 0.500. The standard InChI is InChI=1S/C24H34N2O4.C2HF3O2/c1-8-18-20(22(27)29-9-2)19(26-21(18)23(28)30-24(5,6)7)14-25-17-12-10-16(11-13-17)15(3)4;3-2(4,5)1(6)7/h10-13,15,25-26H,8-9,14H2,1-7H3;(H,6,7). The molecule has 0 unspecified atom stereocenters. The number of hydrogen-bond acceptors (Lipinski definition) is 6. The second kappa shape index (κ2) is 13.3. The Morgan fingerprint density at radius 2 is 1.57 bits per heavy atom. The molecule has 206 valence electrons. The summed E-state index contributed by atoms with van der Waals surface area (Å²) in [6, 6.07) is 8.36. The number of rotatable bonds is 8. The molecule has 0 spiro atoms. The van der Waals surface area contributed by atoms with Crippen molar-refractivity contribution in [3.8, 4) is 0 Å². The third kappa shape index (κ3) is 9.91. The zero-order valence-electron chi connectivity index (χ0n) is 22.2. The molecule has 1 heterocycles. The van der Waals surface area contributed by atoms with E-state index >= 15 is 0 Å². The van der Waals surface area contributed by atoms with E-state index in [2.05, 4.69) is 43.1 Å². The number of halogens is 3. The Balaban J connectivity index is 0.000000856. The average molecular weight is 529 g/mol. The van der Waals surface area contributed by atoms with Gasteiger partial charge in [0.15, 0.2) is 0 Å². The molecule has 0 atom stereocenters. The van der Waals surface area contributed by atoms with Crippen LogP contribution in [0, 0.1) is 0 Å². The van der Waals surface area contributed by atoms with Gasteiger partial charge in [-0.2, -0.15) is 13.2 Å². The van der Waals surface area contributed by atoms with Crippen LogP contribution in [0.15, 0.2) is 24.3 Å². The van der Waals surface area contributed by atoms with Gasteiger partial charge in [-0.3, -0.25) is 0 Å². The number of H-pyrrole nitrogens is 1. The number of aromatic amines is 1. The van der Waals surface area contributed by atoms with Crippen molar-refractivity contribution in [2.24, 2.45) is 0 Å². The number of quaternary nitrogens is 1. The fourth-order valence-corrected chi connectivity index (χ4v) is 3.29. The second-order valence-electron chi connectivity index (χ2n) is 9.42. The zero-order chi connectivity index (χ0) is 28.6. The maximum atomic E-state index is 12.7. The van der Waals surface area contributed by atoms with Gasteiger partial charge >= 0.3 is 18.1 Å². The van der Waals surface area contributed by atoms with Gasteiger partial charge in [-0.1, -0.05) is 32.9 Å². The number of carbonyl (C=O) groups is 3. The molecule has 0 fully saturated rings. The van der Waals surface area contributed by atoms with Crippen LogP contribution in [0.3, 0.4) is 0 Å². The van der Waals surface area contributed by atoms with Gasteiger partial charge in [0.1, 0.15) is 29.5 Å². The molecule has 0 aliphatic carbocycles. The highest BCUT2D eigenvalue weighted by Gasteiger charge is 2.30. The molecule has 0 aliphatic heterocycles. The van der Waals surface area contributed by atoms with Crippen LogP contribution in [0.2, 0.25) is 0 Å². The lowest BCUT2D eigenvalue weighted by atomic mass is 10.0. The van der Waals surface area contributed by atoms with Crippen molar-refractivity contribution >= 4 is 23.6 Å². The molecule has 11 heteroatoms. The number of carboxylic acid groups (broad SMARTS) is 1. The lowest BCUT2D eigenvalue weighted by molar-refractivity contribution is -0.589. The normalized spacial score (nSPS) is 11.5. The average Bonchev–Trinajstić information content (AvgIpc) is 3.15. The molecular formula is C26H35F3N2O6. The van der Waals surface area contributed by atoms with Gasteiger partial charge in [0, 0.05) is 0 Å². The van der Waals surface area contributed by atoms with Crippen LogP contribution in [0.1, 0.15) is 92.1 Å². The van der Waals surface area contributed by atoms with E-state index in [1.165, 1.54) is 5.56 Å². The smallest absolute Gasteiger partial charge is 0.430 e. The first-order valence-electron chi connectivity index (χ1n) is 11.9. The highest BCUT2D eigenvalue weighted by molar-refractivity contribution is 5.98. The maximum Gasteiger partial charge on any atom is 0.430 e. The Labute approximate surface area is 214 Å². The summed E-state index contributed by atoms with van der Waals surface area (Å²) in [5, 5.41) is 10.8. The number of alkyl halides is 3. The van der Waals surface area contributed by atoms with Crippen LogP contribution < -0.4 is 10.4 Å². The molecule has 2 aromatic rings. The molecular weight excluding hydrogens is 493 g/mol. The highest BCUT2D eigenvalue weighted by Crippen LogP contribution is 2.24. The molecule has 3 N–H and O–H groups in total. The van der Waals surface area contributed by atoms with Gasteiger partial charge in [0.05, 0.1) is 17.9 Å². The maximum absolute atomic E-state index is 12.7. The minimum Gasteiger partial charge on any atom is -0.542 e. The Bertz CT molecular complexity index is 1070. The van der Waals surface area contributed by atoms with Crippen molar-refractivity contribution in [3.63, 3.8) is 0 Å². The van der Waals surface area contributed by atoms with Crippen LogP contribution in [0.5, 0.6) is 0 Å². The number of esters is 2. The van der Waals surface area contributed by atoms with Gasteiger partial charge in [0.25, 0.3) is 0 Å². The number of benzene rings is 1. The summed E-state index contributed by atoms with van der Waals surface area (Å²) >= 11 is 0. The van der Waals surface area contributed by atoms with Crippen LogP contribution >= 0.6 is 0 Å². The van der Waals surface area contributed by atoms with Crippen molar-refractivity contribution in [2.75, 3.05) is 6.61 Å². The lowest BCUT2D eigenvalue weighted by Gasteiger charge is -2.19. The Kier molecular flexibility index (Phi) is 11.4. The van der Waals surface area contributed by atoms with E-state index in [0.717, 1.165) is 5.69 Å². The third-order valence-electron chi connectivity index (χ3n) is 4.99. The van der Waals surface area contributed by atoms with Gasteiger partial charge in [-0.25, -0.2) is 9.59 Å². The van der Waals surface area contributed by atoms with E-state index in [1.54, 1.807) is 6.92 Å². The van der Waals surface area contributed by atoms with Crippen LogP contribution in [-0.2, 0) is 27.2 Å². The Morgan fingerprint density at radius 1 is 1.03 bits per heavy atom. The lowest BCUT2D eigenvalue weighted by Crippen LogP contribution is -2.76. The Morgan fingerprint density at radius 3 is 1.97 bits per heavy atom. The molecule has 8 nitrogen and oxygen atoms in total. The fourth-order valence-electron chi connectivity index (χ4n) is 3.29. The van der Waals surface area contributed by atoms with Crippen molar-refractivity contribution in [1.29, 1.82) is 0 Å². The van der Waals surface area contributed by atoms with E-state index in [1.807, 2.05) is 33.0 Å². The predicted octanol–water partition coefficient (Wildman–Crippen LogP) is 3.53. The van der Waals surface area contributed by atoms with Crippen LogP contribution in [-0.4, -0.2) is 41.3 Å². The molecule has 0 bridgehead atoms. The first kappa shape index (κ1) is 31.7. The summed E-state index contributed by atoms with van der Waals surface area (Å²) in [7, 11) is 0. The molecule has 1 aromatic heterocycles. The number of aromatic nitrogens is 1. The SMILES string of the molecule is CCOC(=O)c1c(C[NH2+]c2ccc(C(C)C)cc2)[nH]c(C(=O)OC(C)(C)C)c1CC.O=C([O-])C(F)(F)F. The van der Waals surface area contributed by atoms with Gasteiger partial charge in [-0.05, 0) is 63.3 Å². The minimum atomic E-state index is -5.19. The second-order valence-corrected chi connectivity index (χ2v) is 9.42. The third-order valence-corrected chi connectivity index (χ3v) is 4.99. The summed E-state index contributed by atoms with van der Waals surface area (Å²) in [6.07, 6.45) is -4.68. The van der Waals surface area contributed by atoms with Gasteiger partial charge < -0.3 is 29.7 Å². The topological polar surface area (TPSA) is 125 Å². The number of aliphatic carboxylic acids is 1. The van der Waals surface area contributed by atoms with E-state index in [9.17, 15) is 22.8 Å². The number of carboxylic acids is 1. The minimum absolute atomic E-state index is 0.273. The molecule has 0 saturated heterocycles. The number of hydrogen-bond donors (Lipinski definition) is 2. The van der Waals surface area contributed by atoms with Crippen molar-refractivity contribution in [3.05, 3.63) is 52.3 Å². The van der Waals surface area contributed by atoms with Crippen LogP contribution in [0.25, 0.3) is 0 Å². The van der Waals surface area contributed by atoms with Crippen LogP contribution in [0.4, 0.5) is 18.9 Å². The number of nitrogens with one attached hydrogen (secondary N) is 1. The molecule has 0 radical (unpaired) electrons. The zero-order valence-corrected chi connectivity index (χ0v) is 22.2. The van der Waals surface area contributed by atoms with Gasteiger partial charge in [-0.15, -0.1) is 0 Å². The van der Waals surface area contributed by atoms with Crippen molar-refractivity contribution < 1.29 is 47.5 Å². The van der Waals surface area contributed by atoms with E-state index in [0.29, 0.717) is 41.4 Å². The monoisotopic (exact) mass is 528 g/mol. The summed E-state index contributed by atoms with van der Waals surface area (Å²) in [4.78, 5) is 37.4. The number of nitrogens with two attached hydrogens (primary N) is 1. The summed E-state index contributed by atoms with van der Waals surface area (Å²) in [5.41, 5.74) is 3.78. The highest BCUT2D eigenvalue weighted by atomic mass is 19.4. The van der Waals surface area contributed by atoms with E-state index in [4.69, 9.17) is 19.4 Å². The largest absolute Gasteiger partial charge is 0.542 e. The summed E-state index contributed by atoms with van der Waals surface area (Å²) < 4.78 is 42.4. The summed E-state index contributed by atoms with van der Waals surface area (Å²) in [6.45, 7) is 14.2. The van der Waals surface area contributed by atoms with E-state index in [-0.39, 0.29) is 6.61 Å². The first-order chi connectivity index (χ1) is 17.0. The van der Waals surface area contributed by atoms with E-state index < -0.39 is 29.7 Å². The van der Waals surface area contributed by atoms with Crippen molar-refractivity contribution in [1.82, 2.24) is 4.98 Å². The molecule has 37 heavy (non-hydrogen) atoms. The van der Waals surface area contributed by atoms with Gasteiger partial charge in [0.2, 0.25) is 0 Å².